The third-order valence-corrected chi connectivity index (χ3v) is 4.49. The Balaban J connectivity index is 2.18. The van der Waals surface area contributed by atoms with E-state index >= 15 is 0 Å². The van der Waals surface area contributed by atoms with Gasteiger partial charge in [-0.25, -0.2) is 13.1 Å². The number of terminal acetylenes is 1. The Morgan fingerprint density at radius 1 is 1.25 bits per heavy atom. The lowest BCUT2D eigenvalue weighted by Gasteiger charge is -2.09. The first-order chi connectivity index (χ1) is 9.65. The number of hydrogen-bond donors (Lipinski definition) is 1. The SMILES string of the molecule is C#CCCCCNS(=O)(=O)c1cccc2cnccc12. The Morgan fingerprint density at radius 2 is 2.10 bits per heavy atom. The molecule has 2 rings (SSSR count). The van der Waals surface area contributed by atoms with Gasteiger partial charge in [0.2, 0.25) is 10.0 Å². The van der Waals surface area contributed by atoms with Crippen molar-refractivity contribution in [1.82, 2.24) is 9.71 Å². The Kier molecular flexibility index (Phi) is 4.72. The largest absolute Gasteiger partial charge is 0.264 e. The van der Waals surface area contributed by atoms with Crippen LogP contribution in [-0.4, -0.2) is 19.9 Å². The zero-order valence-corrected chi connectivity index (χ0v) is 11.9. The van der Waals surface area contributed by atoms with Gasteiger partial charge in [0, 0.05) is 36.1 Å². The Bertz CT molecular complexity index is 728. The van der Waals surface area contributed by atoms with Crippen molar-refractivity contribution in [3.63, 3.8) is 0 Å². The van der Waals surface area contributed by atoms with E-state index in [4.69, 9.17) is 6.42 Å². The molecule has 0 saturated carbocycles. The monoisotopic (exact) mass is 288 g/mol. The van der Waals surface area contributed by atoms with Gasteiger partial charge < -0.3 is 0 Å². The Labute approximate surface area is 119 Å². The van der Waals surface area contributed by atoms with Gasteiger partial charge in [-0.15, -0.1) is 12.3 Å². The molecule has 1 aromatic heterocycles. The van der Waals surface area contributed by atoms with E-state index in [1.54, 1.807) is 30.6 Å². The van der Waals surface area contributed by atoms with E-state index < -0.39 is 10.0 Å². The number of nitrogens with one attached hydrogen (secondary N) is 1. The highest BCUT2D eigenvalue weighted by molar-refractivity contribution is 7.89. The summed E-state index contributed by atoms with van der Waals surface area (Å²) >= 11 is 0. The van der Waals surface area contributed by atoms with Crippen LogP contribution in [0.1, 0.15) is 19.3 Å². The smallest absolute Gasteiger partial charge is 0.241 e. The van der Waals surface area contributed by atoms with Crippen molar-refractivity contribution >= 4 is 20.8 Å². The van der Waals surface area contributed by atoms with Crippen molar-refractivity contribution in [1.29, 1.82) is 0 Å². The lowest BCUT2D eigenvalue weighted by Crippen LogP contribution is -2.25. The average molecular weight is 288 g/mol. The summed E-state index contributed by atoms with van der Waals surface area (Å²) in [5, 5.41) is 1.49. The van der Waals surface area contributed by atoms with Crippen LogP contribution < -0.4 is 4.72 Å². The van der Waals surface area contributed by atoms with Gasteiger partial charge in [-0.3, -0.25) is 4.98 Å². The van der Waals surface area contributed by atoms with Crippen LogP contribution in [0.15, 0.2) is 41.6 Å². The van der Waals surface area contributed by atoms with Crippen molar-refractivity contribution in [2.45, 2.75) is 24.2 Å². The van der Waals surface area contributed by atoms with E-state index in [1.165, 1.54) is 0 Å². The summed E-state index contributed by atoms with van der Waals surface area (Å²) in [4.78, 5) is 4.28. The van der Waals surface area contributed by atoms with Crippen LogP contribution in [0.2, 0.25) is 0 Å². The topological polar surface area (TPSA) is 59.1 Å². The molecule has 1 N–H and O–H groups in total. The number of benzene rings is 1. The van der Waals surface area contributed by atoms with Gasteiger partial charge >= 0.3 is 0 Å². The molecule has 0 radical (unpaired) electrons. The molecule has 5 heteroatoms. The standard InChI is InChI=1S/C15H16N2O2S/c1-2-3-4-5-10-17-20(18,19)15-8-6-7-13-12-16-11-9-14(13)15/h1,6-9,11-12,17H,3-5,10H2. The summed E-state index contributed by atoms with van der Waals surface area (Å²) in [6.07, 6.45) is 10.6. The minimum atomic E-state index is -3.50. The first-order valence-electron chi connectivity index (χ1n) is 6.41. The predicted octanol–water partition coefficient (Wildman–Crippen LogP) is 2.32. The molecule has 0 saturated heterocycles. The summed E-state index contributed by atoms with van der Waals surface area (Å²) in [5.74, 6) is 2.54. The lowest BCUT2D eigenvalue weighted by atomic mass is 10.2. The molecule has 0 aliphatic carbocycles. The predicted molar refractivity (Wildman–Crippen MR) is 79.6 cm³/mol. The van der Waals surface area contributed by atoms with Crippen LogP contribution in [0.25, 0.3) is 10.8 Å². The molecule has 1 heterocycles. The summed E-state index contributed by atoms with van der Waals surface area (Å²) in [5.41, 5.74) is 0. The van der Waals surface area contributed by atoms with Crippen LogP contribution in [-0.2, 0) is 10.0 Å². The molecule has 4 nitrogen and oxygen atoms in total. The van der Waals surface area contributed by atoms with E-state index in [9.17, 15) is 8.42 Å². The number of unbranched alkanes of at least 4 members (excludes halogenated alkanes) is 2. The third-order valence-electron chi connectivity index (χ3n) is 2.97. The van der Waals surface area contributed by atoms with E-state index in [1.807, 2.05) is 6.07 Å². The summed E-state index contributed by atoms with van der Waals surface area (Å²) < 4.78 is 27.2. The lowest BCUT2D eigenvalue weighted by molar-refractivity contribution is 0.578. The molecule has 0 amide bonds. The molecular formula is C15H16N2O2S. The highest BCUT2D eigenvalue weighted by Gasteiger charge is 2.16. The van der Waals surface area contributed by atoms with Crippen molar-refractivity contribution in [2.75, 3.05) is 6.54 Å². The maximum atomic E-state index is 12.3. The van der Waals surface area contributed by atoms with Gasteiger partial charge in [-0.05, 0) is 25.0 Å². The normalized spacial score (nSPS) is 11.3. The van der Waals surface area contributed by atoms with Crippen molar-refractivity contribution in [3.8, 4) is 12.3 Å². The molecule has 0 unspecified atom stereocenters. The number of pyridine rings is 1. The van der Waals surface area contributed by atoms with Crippen LogP contribution in [0.4, 0.5) is 0 Å². The molecule has 0 aliphatic rings. The molecule has 1 aromatic carbocycles. The molecule has 0 bridgehead atoms. The summed E-state index contributed by atoms with van der Waals surface area (Å²) in [7, 11) is -3.50. The van der Waals surface area contributed by atoms with Gasteiger partial charge in [0.15, 0.2) is 0 Å². The van der Waals surface area contributed by atoms with Gasteiger partial charge in [0.05, 0.1) is 4.90 Å². The highest BCUT2D eigenvalue weighted by Crippen LogP contribution is 2.21. The number of rotatable bonds is 6. The first kappa shape index (κ1) is 14.5. The van der Waals surface area contributed by atoms with E-state index in [0.717, 1.165) is 18.2 Å². The molecule has 0 aliphatic heterocycles. The third kappa shape index (κ3) is 3.35. The molecular weight excluding hydrogens is 272 g/mol. The maximum absolute atomic E-state index is 12.3. The molecule has 0 spiro atoms. The maximum Gasteiger partial charge on any atom is 0.241 e. The number of hydrogen-bond acceptors (Lipinski definition) is 3. The number of aromatic nitrogens is 1. The van der Waals surface area contributed by atoms with Gasteiger partial charge in [0.1, 0.15) is 0 Å². The fraction of sp³-hybridized carbons (Fsp3) is 0.267. The van der Waals surface area contributed by atoms with Crippen molar-refractivity contribution < 1.29 is 8.42 Å². The fourth-order valence-corrected chi connectivity index (χ4v) is 3.27. The first-order valence-corrected chi connectivity index (χ1v) is 7.89. The second-order valence-electron chi connectivity index (χ2n) is 4.41. The average Bonchev–Trinajstić information content (AvgIpc) is 2.46. The van der Waals surface area contributed by atoms with Crippen LogP contribution >= 0.6 is 0 Å². The van der Waals surface area contributed by atoms with Crippen LogP contribution in [0, 0.1) is 12.3 Å². The second-order valence-corrected chi connectivity index (χ2v) is 6.15. The van der Waals surface area contributed by atoms with Crippen molar-refractivity contribution in [2.24, 2.45) is 0 Å². The van der Waals surface area contributed by atoms with E-state index in [-0.39, 0.29) is 4.90 Å². The van der Waals surface area contributed by atoms with Gasteiger partial charge in [-0.2, -0.15) is 0 Å². The second kappa shape index (κ2) is 6.51. The number of nitrogens with zero attached hydrogens (tertiary/aromatic N) is 1. The van der Waals surface area contributed by atoms with Gasteiger partial charge in [-0.1, -0.05) is 12.1 Å². The zero-order chi connectivity index (χ0) is 14.4. The fourth-order valence-electron chi connectivity index (χ4n) is 1.96. The minimum Gasteiger partial charge on any atom is -0.264 e. The van der Waals surface area contributed by atoms with Crippen LogP contribution in [0.5, 0.6) is 0 Å². The van der Waals surface area contributed by atoms with E-state index in [0.29, 0.717) is 18.4 Å². The summed E-state index contributed by atoms with van der Waals surface area (Å²) in [6.45, 7) is 0.394. The molecule has 20 heavy (non-hydrogen) atoms. The van der Waals surface area contributed by atoms with Crippen LogP contribution in [0.3, 0.4) is 0 Å². The Hall–Kier alpha value is -1.90. The molecule has 104 valence electrons. The zero-order valence-electron chi connectivity index (χ0n) is 11.0. The molecule has 2 aromatic rings. The number of fused-ring (bicyclic) bond motifs is 1. The number of sulfonamides is 1. The quantitative estimate of drug-likeness (QED) is 0.655. The van der Waals surface area contributed by atoms with Crippen molar-refractivity contribution in [3.05, 3.63) is 36.7 Å². The molecule has 0 fully saturated rings. The van der Waals surface area contributed by atoms with E-state index in [2.05, 4.69) is 15.6 Å². The molecule has 0 atom stereocenters. The Morgan fingerprint density at radius 3 is 2.90 bits per heavy atom. The van der Waals surface area contributed by atoms with Gasteiger partial charge in [0.25, 0.3) is 0 Å². The summed E-state index contributed by atoms with van der Waals surface area (Å²) in [6, 6.07) is 6.87. The highest BCUT2D eigenvalue weighted by atomic mass is 32.2. The minimum absolute atomic E-state index is 0.286.